The molecule has 0 radical (unpaired) electrons. The van der Waals surface area contributed by atoms with Crippen molar-refractivity contribution in [3.8, 4) is 5.88 Å². The zero-order chi connectivity index (χ0) is 18.2. The number of halogens is 1. The van der Waals surface area contributed by atoms with E-state index in [1.165, 1.54) is 0 Å². The number of guanidine groups is 1. The molecule has 1 saturated heterocycles. The predicted octanol–water partition coefficient (Wildman–Crippen LogP) is 2.88. The van der Waals surface area contributed by atoms with Gasteiger partial charge in [0.25, 0.3) is 0 Å². The molecule has 0 spiro atoms. The first-order valence-corrected chi connectivity index (χ1v) is 9.33. The number of likely N-dealkylation sites (tertiary alicyclic amines) is 1. The molecule has 2 N–H and O–H groups in total. The Morgan fingerprint density at radius 3 is 2.81 bits per heavy atom. The molecule has 1 aliphatic rings. The van der Waals surface area contributed by atoms with E-state index in [4.69, 9.17) is 4.74 Å². The Hall–Kier alpha value is -1.09. The maximum Gasteiger partial charge on any atom is 0.218 e. The second-order valence-electron chi connectivity index (χ2n) is 7.02. The lowest BCUT2D eigenvalue weighted by Crippen LogP contribution is -2.46. The van der Waals surface area contributed by atoms with Gasteiger partial charge in [-0.3, -0.25) is 9.89 Å². The number of nitrogens with zero attached hydrogens (tertiary/aromatic N) is 3. The number of hydrogen-bond donors (Lipinski definition) is 2. The number of ether oxygens (including phenoxy) is 1. The number of pyridine rings is 1. The normalized spacial score (nSPS) is 20.8. The van der Waals surface area contributed by atoms with Crippen molar-refractivity contribution in [2.75, 3.05) is 26.7 Å². The van der Waals surface area contributed by atoms with E-state index in [0.29, 0.717) is 37.0 Å². The Labute approximate surface area is 175 Å². The maximum atomic E-state index is 5.73. The molecule has 2 atom stereocenters. The monoisotopic (exact) mass is 475 g/mol. The number of aromatic nitrogens is 1. The lowest BCUT2D eigenvalue weighted by atomic mass is 10.1. The molecule has 1 aliphatic heterocycles. The van der Waals surface area contributed by atoms with Crippen molar-refractivity contribution >= 4 is 29.9 Å². The summed E-state index contributed by atoms with van der Waals surface area (Å²) in [5, 5.41) is 6.96. The van der Waals surface area contributed by atoms with E-state index >= 15 is 0 Å². The van der Waals surface area contributed by atoms with Crippen LogP contribution in [0.15, 0.2) is 23.3 Å². The summed E-state index contributed by atoms with van der Waals surface area (Å²) in [5.74, 6) is 2.13. The first kappa shape index (κ1) is 23.0. The van der Waals surface area contributed by atoms with Crippen molar-refractivity contribution in [2.45, 2.75) is 52.7 Å². The topological polar surface area (TPSA) is 61.8 Å². The van der Waals surface area contributed by atoms with Crippen molar-refractivity contribution in [3.63, 3.8) is 0 Å². The van der Waals surface area contributed by atoms with E-state index in [1.54, 1.807) is 6.20 Å². The first-order valence-electron chi connectivity index (χ1n) is 9.33. The zero-order valence-corrected chi connectivity index (χ0v) is 19.0. The smallest absolute Gasteiger partial charge is 0.218 e. The third-order valence-electron chi connectivity index (χ3n) is 4.66. The highest BCUT2D eigenvalue weighted by Gasteiger charge is 2.31. The number of hydrogen-bond acceptors (Lipinski definition) is 4. The second kappa shape index (κ2) is 11.6. The molecule has 1 fully saturated rings. The number of rotatable bonds is 7. The Kier molecular flexibility index (Phi) is 10.2. The highest BCUT2D eigenvalue weighted by molar-refractivity contribution is 14.0. The second-order valence-corrected chi connectivity index (χ2v) is 7.02. The van der Waals surface area contributed by atoms with Gasteiger partial charge in [0.1, 0.15) is 0 Å². The highest BCUT2D eigenvalue weighted by Crippen LogP contribution is 2.19. The summed E-state index contributed by atoms with van der Waals surface area (Å²) in [4.78, 5) is 11.2. The highest BCUT2D eigenvalue weighted by atomic mass is 127. The van der Waals surface area contributed by atoms with Gasteiger partial charge in [0, 0.05) is 50.5 Å². The summed E-state index contributed by atoms with van der Waals surface area (Å²) in [6.45, 7) is 12.4. The molecule has 2 unspecified atom stereocenters. The first-order chi connectivity index (χ1) is 12.0. The molecule has 0 aliphatic carbocycles. The largest absolute Gasteiger partial charge is 0.477 e. The lowest BCUT2D eigenvalue weighted by Gasteiger charge is -2.22. The molecule has 0 bridgehead atoms. The van der Waals surface area contributed by atoms with Crippen LogP contribution in [0.5, 0.6) is 5.88 Å². The van der Waals surface area contributed by atoms with Gasteiger partial charge in [-0.1, -0.05) is 19.9 Å². The molecule has 2 heterocycles. The van der Waals surface area contributed by atoms with Gasteiger partial charge in [-0.25, -0.2) is 4.98 Å². The minimum Gasteiger partial charge on any atom is -0.477 e. The molecule has 148 valence electrons. The summed E-state index contributed by atoms with van der Waals surface area (Å²) in [6.07, 6.45) is 2.74. The SMILES string of the molecule is CCCOc1ncccc1CNC(=NC)NC1CN(C(C)C)CC1C.I. The maximum absolute atomic E-state index is 5.73. The van der Waals surface area contributed by atoms with Gasteiger partial charge in [0.2, 0.25) is 5.88 Å². The van der Waals surface area contributed by atoms with Crippen molar-refractivity contribution in [3.05, 3.63) is 23.9 Å². The van der Waals surface area contributed by atoms with E-state index < -0.39 is 0 Å². The van der Waals surface area contributed by atoms with Crippen LogP contribution in [0.2, 0.25) is 0 Å². The van der Waals surface area contributed by atoms with Crippen molar-refractivity contribution < 1.29 is 4.74 Å². The van der Waals surface area contributed by atoms with Crippen molar-refractivity contribution in [1.82, 2.24) is 20.5 Å². The molecular weight excluding hydrogens is 441 g/mol. The summed E-state index contributed by atoms with van der Waals surface area (Å²) in [6, 6.07) is 4.97. The molecule has 0 amide bonds. The third-order valence-corrected chi connectivity index (χ3v) is 4.66. The fourth-order valence-corrected chi connectivity index (χ4v) is 3.05. The number of nitrogens with one attached hydrogen (secondary N) is 2. The minimum atomic E-state index is 0. The van der Waals surface area contributed by atoms with E-state index in [9.17, 15) is 0 Å². The van der Waals surface area contributed by atoms with Crippen LogP contribution in [0.25, 0.3) is 0 Å². The molecular formula is C19H34IN5O. The minimum absolute atomic E-state index is 0. The van der Waals surface area contributed by atoms with Gasteiger partial charge in [-0.05, 0) is 32.3 Å². The summed E-state index contributed by atoms with van der Waals surface area (Å²) >= 11 is 0. The fourth-order valence-electron chi connectivity index (χ4n) is 3.05. The predicted molar refractivity (Wildman–Crippen MR) is 118 cm³/mol. The fraction of sp³-hybridized carbons (Fsp3) is 0.684. The molecule has 26 heavy (non-hydrogen) atoms. The zero-order valence-electron chi connectivity index (χ0n) is 16.7. The molecule has 0 aromatic carbocycles. The van der Waals surface area contributed by atoms with Crippen molar-refractivity contribution in [1.29, 1.82) is 0 Å². The molecule has 7 heteroatoms. The van der Waals surface area contributed by atoms with Gasteiger partial charge < -0.3 is 15.4 Å². The van der Waals surface area contributed by atoms with Gasteiger partial charge in [0.15, 0.2) is 5.96 Å². The van der Waals surface area contributed by atoms with Crippen LogP contribution in [0.3, 0.4) is 0 Å². The quantitative estimate of drug-likeness (QED) is 0.361. The Morgan fingerprint density at radius 1 is 1.42 bits per heavy atom. The van der Waals surface area contributed by atoms with Crippen LogP contribution >= 0.6 is 24.0 Å². The van der Waals surface area contributed by atoms with E-state index in [-0.39, 0.29) is 24.0 Å². The number of aliphatic imine (C=N–C) groups is 1. The molecule has 2 rings (SSSR count). The lowest BCUT2D eigenvalue weighted by molar-refractivity contribution is 0.265. The van der Waals surface area contributed by atoms with E-state index in [2.05, 4.69) is 53.2 Å². The van der Waals surface area contributed by atoms with Crippen LogP contribution in [-0.4, -0.2) is 54.7 Å². The third kappa shape index (κ3) is 6.57. The Morgan fingerprint density at radius 2 is 2.19 bits per heavy atom. The molecule has 1 aromatic heterocycles. The van der Waals surface area contributed by atoms with E-state index in [0.717, 1.165) is 31.0 Å². The summed E-state index contributed by atoms with van der Waals surface area (Å²) < 4.78 is 5.73. The van der Waals surface area contributed by atoms with Crippen LogP contribution in [0.4, 0.5) is 0 Å². The average molecular weight is 475 g/mol. The Bertz CT molecular complexity index is 567. The van der Waals surface area contributed by atoms with Gasteiger partial charge in [-0.2, -0.15) is 0 Å². The van der Waals surface area contributed by atoms with Gasteiger partial charge in [-0.15, -0.1) is 24.0 Å². The summed E-state index contributed by atoms with van der Waals surface area (Å²) in [7, 11) is 1.81. The van der Waals surface area contributed by atoms with Crippen LogP contribution in [0, 0.1) is 5.92 Å². The van der Waals surface area contributed by atoms with Gasteiger partial charge >= 0.3 is 0 Å². The van der Waals surface area contributed by atoms with Gasteiger partial charge in [0.05, 0.1) is 6.61 Å². The standard InChI is InChI=1S/C19H33N5O.HI/c1-6-10-25-18-16(8-7-9-21-18)11-22-19(20-5)23-17-13-24(14(2)3)12-15(17)4;/h7-9,14-15,17H,6,10-13H2,1-5H3,(H2,20,22,23);1H. The summed E-state index contributed by atoms with van der Waals surface area (Å²) in [5.41, 5.74) is 1.04. The van der Waals surface area contributed by atoms with Crippen LogP contribution in [-0.2, 0) is 6.54 Å². The molecule has 1 aromatic rings. The van der Waals surface area contributed by atoms with Crippen LogP contribution < -0.4 is 15.4 Å². The molecule has 0 saturated carbocycles. The molecule has 6 nitrogen and oxygen atoms in total. The Balaban J connectivity index is 0.00000338. The average Bonchev–Trinajstić information content (AvgIpc) is 2.98. The van der Waals surface area contributed by atoms with Crippen molar-refractivity contribution in [2.24, 2.45) is 10.9 Å². The van der Waals surface area contributed by atoms with E-state index in [1.807, 2.05) is 19.2 Å². The van der Waals surface area contributed by atoms with Crippen LogP contribution in [0.1, 0.15) is 39.7 Å².